The molecule has 1 amide bonds. The van der Waals surface area contributed by atoms with E-state index in [0.717, 1.165) is 26.1 Å². The van der Waals surface area contributed by atoms with Gasteiger partial charge in [0.1, 0.15) is 5.60 Å². The molecular formula is C14H28N2O3. The first-order chi connectivity index (χ1) is 8.81. The zero-order valence-corrected chi connectivity index (χ0v) is 12.9. The first-order valence-electron chi connectivity index (χ1n) is 7.14. The minimum Gasteiger partial charge on any atom is -0.444 e. The number of nitrogens with one attached hydrogen (secondary N) is 1. The molecular weight excluding hydrogens is 244 g/mol. The molecule has 0 spiro atoms. The number of carbonyl (C=O) groups excluding carboxylic acids is 1. The predicted molar refractivity (Wildman–Crippen MR) is 75.3 cm³/mol. The number of ether oxygens (including phenoxy) is 2. The Labute approximate surface area is 116 Å². The molecule has 1 heterocycles. The summed E-state index contributed by atoms with van der Waals surface area (Å²) < 4.78 is 10.9. The van der Waals surface area contributed by atoms with Crippen molar-refractivity contribution >= 4 is 6.09 Å². The van der Waals surface area contributed by atoms with E-state index in [1.54, 1.807) is 0 Å². The maximum atomic E-state index is 11.5. The average Bonchev–Trinajstić information content (AvgIpc) is 2.27. The van der Waals surface area contributed by atoms with Gasteiger partial charge in [0.15, 0.2) is 0 Å². The van der Waals surface area contributed by atoms with E-state index in [0.29, 0.717) is 12.6 Å². The minimum atomic E-state index is -0.441. The van der Waals surface area contributed by atoms with E-state index >= 15 is 0 Å². The normalized spacial score (nSPS) is 25.1. The van der Waals surface area contributed by atoms with E-state index in [-0.39, 0.29) is 12.2 Å². The highest BCUT2D eigenvalue weighted by Gasteiger charge is 2.25. The van der Waals surface area contributed by atoms with Crippen LogP contribution in [0.5, 0.6) is 0 Å². The number of amides is 1. The molecule has 0 aromatic rings. The Kier molecular flexibility index (Phi) is 6.07. The van der Waals surface area contributed by atoms with E-state index in [4.69, 9.17) is 9.47 Å². The Morgan fingerprint density at radius 2 is 2.16 bits per heavy atom. The van der Waals surface area contributed by atoms with Gasteiger partial charge in [-0.2, -0.15) is 0 Å². The highest BCUT2D eigenvalue weighted by atomic mass is 16.6. The molecule has 1 aliphatic heterocycles. The quantitative estimate of drug-likeness (QED) is 0.850. The second-order valence-electron chi connectivity index (χ2n) is 6.13. The lowest BCUT2D eigenvalue weighted by atomic mass is 10.1. The van der Waals surface area contributed by atoms with Crippen LogP contribution < -0.4 is 5.32 Å². The number of carbonyl (C=O) groups is 1. The van der Waals surface area contributed by atoms with Gasteiger partial charge in [0, 0.05) is 25.7 Å². The van der Waals surface area contributed by atoms with Crippen molar-refractivity contribution in [2.24, 2.45) is 0 Å². The number of hydrogen-bond donors (Lipinski definition) is 1. The molecule has 1 fully saturated rings. The predicted octanol–water partition coefficient (Wildman–Crippen LogP) is 2.01. The van der Waals surface area contributed by atoms with Crippen molar-refractivity contribution < 1.29 is 14.3 Å². The molecule has 5 heteroatoms. The smallest absolute Gasteiger partial charge is 0.407 e. The SMILES string of the molecule is CCC1COC(C)CN1CCNC(=O)OC(C)(C)C. The van der Waals surface area contributed by atoms with Gasteiger partial charge in [-0.25, -0.2) is 4.79 Å². The molecule has 19 heavy (non-hydrogen) atoms. The number of alkyl carbamates (subject to hydrolysis) is 1. The first kappa shape index (κ1) is 16.2. The van der Waals surface area contributed by atoms with Crippen LogP contribution in [0.1, 0.15) is 41.0 Å². The number of nitrogens with zero attached hydrogens (tertiary/aromatic N) is 1. The summed E-state index contributed by atoms with van der Waals surface area (Å²) in [7, 11) is 0. The highest BCUT2D eigenvalue weighted by molar-refractivity contribution is 5.67. The highest BCUT2D eigenvalue weighted by Crippen LogP contribution is 2.13. The standard InChI is InChI=1S/C14H28N2O3/c1-6-12-10-18-11(2)9-16(12)8-7-15-13(17)19-14(3,4)5/h11-12H,6-10H2,1-5H3,(H,15,17). The molecule has 1 saturated heterocycles. The Bertz CT molecular complexity index is 289. The van der Waals surface area contributed by atoms with Gasteiger partial charge in [-0.15, -0.1) is 0 Å². The van der Waals surface area contributed by atoms with Crippen LogP contribution in [0.15, 0.2) is 0 Å². The average molecular weight is 272 g/mol. The van der Waals surface area contributed by atoms with Crippen LogP contribution in [-0.4, -0.2) is 55.0 Å². The zero-order valence-electron chi connectivity index (χ0n) is 12.9. The summed E-state index contributed by atoms with van der Waals surface area (Å²) in [6.45, 7) is 13.0. The third-order valence-corrected chi connectivity index (χ3v) is 3.12. The zero-order chi connectivity index (χ0) is 14.5. The molecule has 1 rings (SSSR count). The molecule has 1 N–H and O–H groups in total. The largest absolute Gasteiger partial charge is 0.444 e. The molecule has 0 radical (unpaired) electrons. The van der Waals surface area contributed by atoms with Gasteiger partial charge in [0.25, 0.3) is 0 Å². The van der Waals surface area contributed by atoms with Gasteiger partial charge in [-0.05, 0) is 34.1 Å². The van der Waals surface area contributed by atoms with Gasteiger partial charge in [-0.3, -0.25) is 4.90 Å². The molecule has 112 valence electrons. The van der Waals surface area contributed by atoms with Crippen molar-refractivity contribution in [3.8, 4) is 0 Å². The van der Waals surface area contributed by atoms with Crippen molar-refractivity contribution in [3.63, 3.8) is 0 Å². The number of rotatable bonds is 4. The Balaban J connectivity index is 2.29. The topological polar surface area (TPSA) is 50.8 Å². The van der Waals surface area contributed by atoms with Crippen LogP contribution in [0, 0.1) is 0 Å². The van der Waals surface area contributed by atoms with E-state index < -0.39 is 5.60 Å². The Morgan fingerprint density at radius 1 is 1.47 bits per heavy atom. The molecule has 2 atom stereocenters. The van der Waals surface area contributed by atoms with Crippen LogP contribution in [-0.2, 0) is 9.47 Å². The van der Waals surface area contributed by atoms with Gasteiger partial charge >= 0.3 is 6.09 Å². The lowest BCUT2D eigenvalue weighted by Gasteiger charge is -2.38. The molecule has 1 aliphatic rings. The number of morpholine rings is 1. The summed E-state index contributed by atoms with van der Waals surface area (Å²) in [4.78, 5) is 13.9. The fourth-order valence-corrected chi connectivity index (χ4v) is 2.18. The molecule has 0 bridgehead atoms. The lowest BCUT2D eigenvalue weighted by molar-refractivity contribution is -0.0551. The first-order valence-corrected chi connectivity index (χ1v) is 7.14. The molecule has 5 nitrogen and oxygen atoms in total. The molecule has 0 saturated carbocycles. The Hall–Kier alpha value is -0.810. The molecule has 2 unspecified atom stereocenters. The molecule has 0 aromatic heterocycles. The van der Waals surface area contributed by atoms with Crippen molar-refractivity contribution in [3.05, 3.63) is 0 Å². The fraction of sp³-hybridized carbons (Fsp3) is 0.929. The second kappa shape index (κ2) is 7.10. The second-order valence-corrected chi connectivity index (χ2v) is 6.13. The van der Waals surface area contributed by atoms with Crippen molar-refractivity contribution in [2.75, 3.05) is 26.2 Å². The molecule has 0 aromatic carbocycles. The van der Waals surface area contributed by atoms with Gasteiger partial charge in [0.05, 0.1) is 12.7 Å². The lowest BCUT2D eigenvalue weighted by Crippen LogP contribution is -2.51. The maximum absolute atomic E-state index is 11.5. The fourth-order valence-electron chi connectivity index (χ4n) is 2.18. The van der Waals surface area contributed by atoms with Crippen molar-refractivity contribution in [1.29, 1.82) is 0 Å². The van der Waals surface area contributed by atoms with E-state index in [9.17, 15) is 4.79 Å². The van der Waals surface area contributed by atoms with E-state index in [2.05, 4.69) is 24.1 Å². The monoisotopic (exact) mass is 272 g/mol. The van der Waals surface area contributed by atoms with Gasteiger partial charge in [0.2, 0.25) is 0 Å². The maximum Gasteiger partial charge on any atom is 0.407 e. The summed E-state index contributed by atoms with van der Waals surface area (Å²) in [5.74, 6) is 0. The third-order valence-electron chi connectivity index (χ3n) is 3.12. The minimum absolute atomic E-state index is 0.268. The van der Waals surface area contributed by atoms with Crippen molar-refractivity contribution in [2.45, 2.75) is 58.8 Å². The van der Waals surface area contributed by atoms with Crippen LogP contribution in [0.25, 0.3) is 0 Å². The summed E-state index contributed by atoms with van der Waals surface area (Å²) in [6, 6.07) is 0.455. The summed E-state index contributed by atoms with van der Waals surface area (Å²) in [5, 5.41) is 2.80. The summed E-state index contributed by atoms with van der Waals surface area (Å²) in [5.41, 5.74) is -0.441. The Morgan fingerprint density at radius 3 is 2.74 bits per heavy atom. The van der Waals surface area contributed by atoms with E-state index in [1.165, 1.54) is 0 Å². The van der Waals surface area contributed by atoms with Crippen LogP contribution in [0.3, 0.4) is 0 Å². The summed E-state index contributed by atoms with van der Waals surface area (Å²) in [6.07, 6.45) is 0.991. The summed E-state index contributed by atoms with van der Waals surface area (Å²) >= 11 is 0. The van der Waals surface area contributed by atoms with Crippen molar-refractivity contribution in [1.82, 2.24) is 10.2 Å². The van der Waals surface area contributed by atoms with E-state index in [1.807, 2.05) is 20.8 Å². The van der Waals surface area contributed by atoms with Gasteiger partial charge < -0.3 is 14.8 Å². The van der Waals surface area contributed by atoms with Gasteiger partial charge in [-0.1, -0.05) is 6.92 Å². The van der Waals surface area contributed by atoms with Crippen LogP contribution in [0.2, 0.25) is 0 Å². The van der Waals surface area contributed by atoms with Crippen LogP contribution in [0.4, 0.5) is 4.79 Å². The third kappa shape index (κ3) is 6.25. The molecule has 0 aliphatic carbocycles. The number of hydrogen-bond acceptors (Lipinski definition) is 4. The van der Waals surface area contributed by atoms with Crippen LogP contribution >= 0.6 is 0 Å².